The van der Waals surface area contributed by atoms with E-state index in [9.17, 15) is 4.79 Å². The topological polar surface area (TPSA) is 69.2 Å². The average Bonchev–Trinajstić information content (AvgIpc) is 2.80. The molecule has 2 rings (SSSR count). The minimum atomic E-state index is 0.0304. The van der Waals surface area contributed by atoms with E-state index in [0.717, 1.165) is 62.9 Å². The summed E-state index contributed by atoms with van der Waals surface area (Å²) in [6, 6.07) is 8.32. The molecule has 2 N–H and O–H groups in total. The summed E-state index contributed by atoms with van der Waals surface area (Å²) >= 11 is 0. The van der Waals surface area contributed by atoms with Crippen LogP contribution in [0.5, 0.6) is 0 Å². The Bertz CT molecular complexity index is 697. The normalized spacial score (nSPS) is 16.3. The molecule has 1 aliphatic heterocycles. The van der Waals surface area contributed by atoms with Gasteiger partial charge in [0.1, 0.15) is 0 Å². The van der Waals surface area contributed by atoms with E-state index in [-0.39, 0.29) is 5.91 Å². The van der Waals surface area contributed by atoms with E-state index in [1.807, 2.05) is 25.2 Å². The molecular weight excluding hydrogens is 390 g/mol. The predicted molar refractivity (Wildman–Crippen MR) is 128 cm³/mol. The number of rotatable bonds is 10. The highest BCUT2D eigenvalue weighted by Crippen LogP contribution is 2.19. The van der Waals surface area contributed by atoms with Gasteiger partial charge in [0.05, 0.1) is 13.2 Å². The highest BCUT2D eigenvalue weighted by molar-refractivity contribution is 5.94. The number of amides is 1. The summed E-state index contributed by atoms with van der Waals surface area (Å²) in [6.45, 7) is 9.82. The van der Waals surface area contributed by atoms with Crippen LogP contribution in [0.1, 0.15) is 42.6 Å². The molecule has 7 nitrogen and oxygen atoms in total. The van der Waals surface area contributed by atoms with E-state index in [4.69, 9.17) is 4.74 Å². The average molecular weight is 432 g/mol. The molecule has 1 unspecified atom stereocenters. The van der Waals surface area contributed by atoms with Crippen molar-refractivity contribution in [3.63, 3.8) is 0 Å². The number of aliphatic imine (C=N–C) groups is 1. The summed E-state index contributed by atoms with van der Waals surface area (Å²) in [7, 11) is 5.36. The number of carbonyl (C=O) groups is 1. The first-order valence-electron chi connectivity index (χ1n) is 11.6. The van der Waals surface area contributed by atoms with Gasteiger partial charge in [0, 0.05) is 58.9 Å². The van der Waals surface area contributed by atoms with Crippen molar-refractivity contribution in [3.8, 4) is 0 Å². The molecule has 1 aromatic rings. The lowest BCUT2D eigenvalue weighted by molar-refractivity contribution is 0.00272. The Hall–Kier alpha value is -2.12. The van der Waals surface area contributed by atoms with Crippen LogP contribution in [0, 0.1) is 5.92 Å². The predicted octanol–water partition coefficient (Wildman–Crippen LogP) is 2.23. The lowest BCUT2D eigenvalue weighted by atomic mass is 9.92. The monoisotopic (exact) mass is 431 g/mol. The van der Waals surface area contributed by atoms with Crippen LogP contribution in [0.2, 0.25) is 0 Å². The summed E-state index contributed by atoms with van der Waals surface area (Å²) in [4.78, 5) is 20.8. The maximum atomic E-state index is 12.2. The van der Waals surface area contributed by atoms with Crippen LogP contribution in [-0.2, 0) is 11.2 Å². The van der Waals surface area contributed by atoms with E-state index >= 15 is 0 Å². The van der Waals surface area contributed by atoms with Gasteiger partial charge in [0.25, 0.3) is 5.91 Å². The van der Waals surface area contributed by atoms with E-state index < -0.39 is 0 Å². The first-order chi connectivity index (χ1) is 15.0. The van der Waals surface area contributed by atoms with Crippen LogP contribution in [-0.4, -0.2) is 88.2 Å². The second-order valence-electron chi connectivity index (χ2n) is 8.32. The number of carbonyl (C=O) groups excluding carboxylic acids is 1. The fourth-order valence-corrected chi connectivity index (χ4v) is 4.20. The number of guanidine groups is 1. The number of hydrogen-bond acceptors (Lipinski definition) is 4. The van der Waals surface area contributed by atoms with Gasteiger partial charge >= 0.3 is 0 Å². The molecule has 1 amide bonds. The van der Waals surface area contributed by atoms with Gasteiger partial charge in [-0.15, -0.1) is 0 Å². The number of hydrogen-bond donors (Lipinski definition) is 2. The van der Waals surface area contributed by atoms with Gasteiger partial charge in [-0.1, -0.05) is 38.8 Å². The van der Waals surface area contributed by atoms with Crippen LogP contribution in [0.15, 0.2) is 29.3 Å². The Kier molecular flexibility index (Phi) is 10.8. The Morgan fingerprint density at radius 2 is 1.90 bits per heavy atom. The Labute approximate surface area is 188 Å². The van der Waals surface area contributed by atoms with Crippen molar-refractivity contribution in [2.75, 3.05) is 60.5 Å². The molecule has 174 valence electrons. The zero-order valence-electron chi connectivity index (χ0n) is 20.0. The van der Waals surface area contributed by atoms with Crippen molar-refractivity contribution in [1.82, 2.24) is 20.4 Å². The van der Waals surface area contributed by atoms with Crippen LogP contribution in [0.25, 0.3) is 0 Å². The zero-order chi connectivity index (χ0) is 22.6. The lowest BCUT2D eigenvalue weighted by Crippen LogP contribution is -2.53. The van der Waals surface area contributed by atoms with E-state index in [1.54, 1.807) is 19.0 Å². The molecule has 1 atom stereocenters. The molecule has 1 saturated heterocycles. The Morgan fingerprint density at radius 3 is 2.52 bits per heavy atom. The third kappa shape index (κ3) is 7.82. The van der Waals surface area contributed by atoms with Crippen molar-refractivity contribution in [1.29, 1.82) is 0 Å². The van der Waals surface area contributed by atoms with Gasteiger partial charge in [-0.25, -0.2) is 0 Å². The molecule has 1 aliphatic rings. The van der Waals surface area contributed by atoms with Gasteiger partial charge in [0.2, 0.25) is 0 Å². The number of morpholine rings is 1. The molecule has 1 heterocycles. The lowest BCUT2D eigenvalue weighted by Gasteiger charge is -2.39. The maximum Gasteiger partial charge on any atom is 0.253 e. The van der Waals surface area contributed by atoms with Gasteiger partial charge in [0.15, 0.2) is 5.96 Å². The minimum absolute atomic E-state index is 0.0304. The first-order valence-corrected chi connectivity index (χ1v) is 11.6. The van der Waals surface area contributed by atoms with Crippen molar-refractivity contribution >= 4 is 11.9 Å². The Balaban J connectivity index is 1.88. The van der Waals surface area contributed by atoms with Crippen LogP contribution < -0.4 is 10.6 Å². The fourth-order valence-electron chi connectivity index (χ4n) is 4.20. The van der Waals surface area contributed by atoms with Crippen molar-refractivity contribution in [3.05, 3.63) is 35.4 Å². The molecule has 1 aromatic carbocycles. The standard InChI is InChI=1S/C24H41N5O2/c1-6-20(7-2)22(29-13-15-31-16-14-29)18-27-24(25-3)26-12-11-19-9-8-10-21(17-19)23(30)28(4)5/h8-10,17,20,22H,6-7,11-16,18H2,1-5H3,(H2,25,26,27). The molecule has 1 fully saturated rings. The second-order valence-corrected chi connectivity index (χ2v) is 8.32. The number of nitrogens with zero attached hydrogens (tertiary/aromatic N) is 3. The summed E-state index contributed by atoms with van der Waals surface area (Å²) in [5, 5.41) is 6.97. The molecule has 0 saturated carbocycles. The number of nitrogens with one attached hydrogen (secondary N) is 2. The van der Waals surface area contributed by atoms with Crippen LogP contribution in [0.3, 0.4) is 0 Å². The largest absolute Gasteiger partial charge is 0.379 e. The van der Waals surface area contributed by atoms with E-state index in [2.05, 4.69) is 40.4 Å². The molecule has 31 heavy (non-hydrogen) atoms. The van der Waals surface area contributed by atoms with E-state index in [0.29, 0.717) is 12.0 Å². The zero-order valence-corrected chi connectivity index (χ0v) is 20.0. The molecule has 0 radical (unpaired) electrons. The molecule has 0 aromatic heterocycles. The van der Waals surface area contributed by atoms with Crippen molar-refractivity contribution < 1.29 is 9.53 Å². The quantitative estimate of drug-likeness (QED) is 0.439. The van der Waals surface area contributed by atoms with Gasteiger partial charge in [-0.3, -0.25) is 14.7 Å². The SMILES string of the molecule is CCC(CC)C(CNC(=NC)NCCc1cccc(C(=O)N(C)C)c1)N1CCOCC1. The summed E-state index contributed by atoms with van der Waals surface area (Å²) in [5.41, 5.74) is 1.86. The van der Waals surface area contributed by atoms with Gasteiger partial charge < -0.3 is 20.3 Å². The van der Waals surface area contributed by atoms with E-state index in [1.165, 1.54) is 12.8 Å². The highest BCUT2D eigenvalue weighted by Gasteiger charge is 2.27. The molecule has 7 heteroatoms. The highest BCUT2D eigenvalue weighted by atomic mass is 16.5. The summed E-state index contributed by atoms with van der Waals surface area (Å²) in [6.07, 6.45) is 3.18. The Morgan fingerprint density at radius 1 is 1.19 bits per heavy atom. The fraction of sp³-hybridized carbons (Fsp3) is 0.667. The van der Waals surface area contributed by atoms with Crippen LogP contribution in [0.4, 0.5) is 0 Å². The van der Waals surface area contributed by atoms with Crippen LogP contribution >= 0.6 is 0 Å². The first kappa shape index (κ1) is 25.1. The van der Waals surface area contributed by atoms with Crippen molar-refractivity contribution in [2.24, 2.45) is 10.9 Å². The smallest absolute Gasteiger partial charge is 0.253 e. The van der Waals surface area contributed by atoms with Gasteiger partial charge in [-0.2, -0.15) is 0 Å². The molecule has 0 bridgehead atoms. The minimum Gasteiger partial charge on any atom is -0.379 e. The summed E-state index contributed by atoms with van der Waals surface area (Å²) in [5.74, 6) is 1.51. The second kappa shape index (κ2) is 13.3. The third-order valence-electron chi connectivity index (χ3n) is 6.10. The molecule has 0 aliphatic carbocycles. The van der Waals surface area contributed by atoms with Crippen molar-refractivity contribution in [2.45, 2.75) is 39.2 Å². The molecular formula is C24H41N5O2. The molecule has 0 spiro atoms. The summed E-state index contributed by atoms with van der Waals surface area (Å²) < 4.78 is 5.55. The number of ether oxygens (including phenoxy) is 1. The van der Waals surface area contributed by atoms with Gasteiger partial charge in [-0.05, 0) is 30.0 Å². The third-order valence-corrected chi connectivity index (χ3v) is 6.10. The number of benzene rings is 1. The maximum absolute atomic E-state index is 12.2.